The van der Waals surface area contributed by atoms with E-state index in [4.69, 9.17) is 4.98 Å². The van der Waals surface area contributed by atoms with Gasteiger partial charge >= 0.3 is 0 Å². The molecule has 3 heterocycles. The van der Waals surface area contributed by atoms with Gasteiger partial charge in [0.2, 0.25) is 0 Å². The molecule has 0 aliphatic carbocycles. The standard InChI is InChI=1S/C20H23N5O/c1-24-15-17(12-22-24)18-13-21-14-19(23-18)25-9-7-20(26,8-10-25)11-16-5-3-2-4-6-16/h2-6,12-15,26H,7-11H2,1H3. The third-order valence-corrected chi connectivity index (χ3v) is 5.02. The minimum absolute atomic E-state index is 0.647. The Morgan fingerprint density at radius 3 is 2.54 bits per heavy atom. The average molecular weight is 349 g/mol. The van der Waals surface area contributed by atoms with Gasteiger partial charge in [-0.15, -0.1) is 0 Å². The molecule has 1 aromatic carbocycles. The third kappa shape index (κ3) is 3.60. The Bertz CT molecular complexity index is 869. The summed E-state index contributed by atoms with van der Waals surface area (Å²) in [6.45, 7) is 1.54. The molecular weight excluding hydrogens is 326 g/mol. The molecule has 0 spiro atoms. The van der Waals surface area contributed by atoms with Crippen molar-refractivity contribution in [2.24, 2.45) is 7.05 Å². The lowest BCUT2D eigenvalue weighted by Crippen LogP contribution is -2.46. The summed E-state index contributed by atoms with van der Waals surface area (Å²) < 4.78 is 1.76. The van der Waals surface area contributed by atoms with Crippen molar-refractivity contribution in [1.82, 2.24) is 19.7 Å². The van der Waals surface area contributed by atoms with Crippen LogP contribution in [-0.2, 0) is 13.5 Å². The number of nitrogens with zero attached hydrogens (tertiary/aromatic N) is 5. The summed E-state index contributed by atoms with van der Waals surface area (Å²) in [6, 6.07) is 10.2. The first-order valence-electron chi connectivity index (χ1n) is 8.94. The van der Waals surface area contributed by atoms with Gasteiger partial charge < -0.3 is 10.0 Å². The molecule has 0 saturated carbocycles. The predicted octanol–water partition coefficient (Wildman–Crippen LogP) is 2.45. The van der Waals surface area contributed by atoms with Gasteiger partial charge in [-0.05, 0) is 18.4 Å². The van der Waals surface area contributed by atoms with Gasteiger partial charge in [0.15, 0.2) is 0 Å². The Morgan fingerprint density at radius 2 is 1.85 bits per heavy atom. The molecule has 0 bridgehead atoms. The normalized spacial score (nSPS) is 16.6. The second kappa shape index (κ2) is 6.88. The van der Waals surface area contributed by atoms with Crippen LogP contribution in [0.2, 0.25) is 0 Å². The number of anilines is 1. The van der Waals surface area contributed by atoms with Crippen LogP contribution in [0.15, 0.2) is 55.1 Å². The highest BCUT2D eigenvalue weighted by atomic mass is 16.3. The molecule has 134 valence electrons. The highest BCUT2D eigenvalue weighted by molar-refractivity contribution is 5.58. The van der Waals surface area contributed by atoms with E-state index >= 15 is 0 Å². The Hall–Kier alpha value is -2.73. The molecule has 0 unspecified atom stereocenters. The van der Waals surface area contributed by atoms with Crippen molar-refractivity contribution in [2.75, 3.05) is 18.0 Å². The van der Waals surface area contributed by atoms with Gasteiger partial charge in [0.05, 0.1) is 29.9 Å². The highest BCUT2D eigenvalue weighted by Crippen LogP contribution is 2.29. The molecule has 4 rings (SSSR count). The lowest BCUT2D eigenvalue weighted by atomic mass is 9.85. The SMILES string of the molecule is Cn1cc(-c2cncc(N3CCC(O)(Cc4ccccc4)CC3)n2)cn1. The van der Waals surface area contributed by atoms with Crippen LogP contribution in [0.5, 0.6) is 0 Å². The zero-order valence-electron chi connectivity index (χ0n) is 14.9. The number of aliphatic hydroxyl groups is 1. The summed E-state index contributed by atoms with van der Waals surface area (Å²) >= 11 is 0. The Morgan fingerprint density at radius 1 is 1.08 bits per heavy atom. The maximum atomic E-state index is 11.0. The average Bonchev–Trinajstić information content (AvgIpc) is 3.09. The van der Waals surface area contributed by atoms with Crippen molar-refractivity contribution < 1.29 is 5.11 Å². The first kappa shape index (κ1) is 16.7. The summed E-state index contributed by atoms with van der Waals surface area (Å²) in [5.74, 6) is 0.855. The summed E-state index contributed by atoms with van der Waals surface area (Å²) in [6.07, 6.45) is 9.42. The Labute approximate surface area is 153 Å². The topological polar surface area (TPSA) is 67.1 Å². The van der Waals surface area contributed by atoms with Crippen molar-refractivity contribution >= 4 is 5.82 Å². The number of rotatable bonds is 4. The number of piperidine rings is 1. The molecule has 3 aromatic rings. The van der Waals surface area contributed by atoms with E-state index in [9.17, 15) is 5.11 Å². The second-order valence-electron chi connectivity index (χ2n) is 7.04. The molecule has 0 amide bonds. The van der Waals surface area contributed by atoms with Crippen LogP contribution in [0.3, 0.4) is 0 Å². The van der Waals surface area contributed by atoms with E-state index in [0.717, 1.165) is 43.0 Å². The molecule has 2 aromatic heterocycles. The number of aryl methyl sites for hydroxylation is 1. The summed E-state index contributed by atoms with van der Waals surface area (Å²) in [7, 11) is 1.89. The molecule has 26 heavy (non-hydrogen) atoms. The van der Waals surface area contributed by atoms with Gasteiger partial charge in [-0.2, -0.15) is 5.10 Å². The number of benzene rings is 1. The van der Waals surface area contributed by atoms with Crippen LogP contribution >= 0.6 is 0 Å². The van der Waals surface area contributed by atoms with Crippen LogP contribution in [0.1, 0.15) is 18.4 Å². The van der Waals surface area contributed by atoms with Crippen molar-refractivity contribution in [1.29, 1.82) is 0 Å². The van der Waals surface area contributed by atoms with E-state index in [2.05, 4.69) is 27.1 Å². The number of aromatic nitrogens is 4. The quantitative estimate of drug-likeness (QED) is 0.784. The molecular formula is C20H23N5O. The predicted molar refractivity (Wildman–Crippen MR) is 101 cm³/mol. The summed E-state index contributed by atoms with van der Waals surface area (Å²) in [5.41, 5.74) is 2.31. The molecule has 6 heteroatoms. The maximum Gasteiger partial charge on any atom is 0.147 e. The van der Waals surface area contributed by atoms with Crippen molar-refractivity contribution in [3.05, 3.63) is 60.7 Å². The molecule has 1 aliphatic heterocycles. The lowest BCUT2D eigenvalue weighted by molar-refractivity contribution is 0.0164. The smallest absolute Gasteiger partial charge is 0.147 e. The molecule has 6 nitrogen and oxygen atoms in total. The van der Waals surface area contributed by atoms with Crippen LogP contribution < -0.4 is 4.90 Å². The minimum atomic E-state index is -0.647. The summed E-state index contributed by atoms with van der Waals surface area (Å²) in [4.78, 5) is 11.3. The largest absolute Gasteiger partial charge is 0.389 e. The lowest BCUT2D eigenvalue weighted by Gasteiger charge is -2.38. The zero-order valence-corrected chi connectivity index (χ0v) is 14.9. The molecule has 1 aliphatic rings. The second-order valence-corrected chi connectivity index (χ2v) is 7.04. The number of hydrogen-bond acceptors (Lipinski definition) is 5. The van der Waals surface area contributed by atoms with Crippen LogP contribution in [-0.4, -0.2) is 43.5 Å². The molecule has 0 atom stereocenters. The monoisotopic (exact) mass is 349 g/mol. The fourth-order valence-electron chi connectivity index (χ4n) is 3.51. The van der Waals surface area contributed by atoms with Gasteiger partial charge in [0.1, 0.15) is 5.82 Å². The van der Waals surface area contributed by atoms with Crippen LogP contribution in [0.25, 0.3) is 11.3 Å². The zero-order chi connectivity index (χ0) is 18.0. The van der Waals surface area contributed by atoms with Gasteiger partial charge in [-0.25, -0.2) is 4.98 Å². The third-order valence-electron chi connectivity index (χ3n) is 5.02. The summed E-state index contributed by atoms with van der Waals surface area (Å²) in [5, 5.41) is 15.1. The maximum absolute atomic E-state index is 11.0. The minimum Gasteiger partial charge on any atom is -0.389 e. The van der Waals surface area contributed by atoms with Crippen molar-refractivity contribution in [2.45, 2.75) is 24.9 Å². The van der Waals surface area contributed by atoms with Crippen molar-refractivity contribution in [3.63, 3.8) is 0 Å². The van der Waals surface area contributed by atoms with Crippen molar-refractivity contribution in [3.8, 4) is 11.3 Å². The molecule has 1 saturated heterocycles. The van der Waals surface area contributed by atoms with E-state index in [0.29, 0.717) is 6.42 Å². The van der Waals surface area contributed by atoms with Gasteiger partial charge in [-0.1, -0.05) is 30.3 Å². The van der Waals surface area contributed by atoms with Gasteiger partial charge in [0, 0.05) is 38.3 Å². The van der Waals surface area contributed by atoms with E-state index in [1.807, 2.05) is 31.4 Å². The Balaban J connectivity index is 1.45. The van der Waals surface area contributed by atoms with E-state index in [-0.39, 0.29) is 0 Å². The Kier molecular flexibility index (Phi) is 4.42. The molecule has 1 N–H and O–H groups in total. The van der Waals surface area contributed by atoms with Crippen LogP contribution in [0, 0.1) is 0 Å². The molecule has 1 fully saturated rings. The fraction of sp³-hybridized carbons (Fsp3) is 0.350. The van der Waals surface area contributed by atoms with E-state index < -0.39 is 5.60 Å². The first-order valence-corrected chi connectivity index (χ1v) is 8.94. The van der Waals surface area contributed by atoms with E-state index in [1.165, 1.54) is 5.56 Å². The van der Waals surface area contributed by atoms with Gasteiger partial charge in [0.25, 0.3) is 0 Å². The highest BCUT2D eigenvalue weighted by Gasteiger charge is 2.33. The van der Waals surface area contributed by atoms with E-state index in [1.54, 1.807) is 23.3 Å². The fourth-order valence-corrected chi connectivity index (χ4v) is 3.51. The molecule has 0 radical (unpaired) electrons. The van der Waals surface area contributed by atoms with Gasteiger partial charge in [-0.3, -0.25) is 9.67 Å². The number of hydrogen-bond donors (Lipinski definition) is 1. The van der Waals surface area contributed by atoms with Crippen LogP contribution in [0.4, 0.5) is 5.82 Å². The first-order chi connectivity index (χ1) is 12.6.